The molecule has 0 unspecified atom stereocenters. The van der Waals surface area contributed by atoms with E-state index in [0.717, 1.165) is 36.9 Å². The molecule has 2 rings (SSSR count). The molecule has 104 valence electrons. The summed E-state index contributed by atoms with van der Waals surface area (Å²) in [4.78, 5) is 11.6. The van der Waals surface area contributed by atoms with Gasteiger partial charge in [-0.1, -0.05) is 6.07 Å². The number of ether oxygens (including phenoxy) is 1. The molecule has 0 bridgehead atoms. The van der Waals surface area contributed by atoms with E-state index in [4.69, 9.17) is 4.74 Å². The molecule has 0 radical (unpaired) electrons. The standard InChI is InChI=1S/C15H21NO3/c1-10-13(15(18)19-2)4-3-5-14(10)16-11-6-8-12(17)9-7-11/h3-5,11-12,16-17H,6-9H2,1-2H3. The van der Waals surface area contributed by atoms with Crippen LogP contribution in [-0.4, -0.2) is 30.3 Å². The Morgan fingerprint density at radius 1 is 1.32 bits per heavy atom. The molecule has 1 aromatic carbocycles. The van der Waals surface area contributed by atoms with Gasteiger partial charge in [0.2, 0.25) is 0 Å². The van der Waals surface area contributed by atoms with Crippen molar-refractivity contribution in [3.8, 4) is 0 Å². The van der Waals surface area contributed by atoms with Gasteiger partial charge in [-0.05, 0) is 50.3 Å². The van der Waals surface area contributed by atoms with Crippen LogP contribution >= 0.6 is 0 Å². The average Bonchev–Trinajstić information content (AvgIpc) is 2.43. The first-order valence-electron chi connectivity index (χ1n) is 6.74. The van der Waals surface area contributed by atoms with Crippen LogP contribution < -0.4 is 5.32 Å². The van der Waals surface area contributed by atoms with Crippen molar-refractivity contribution in [2.24, 2.45) is 0 Å². The highest BCUT2D eigenvalue weighted by atomic mass is 16.5. The highest BCUT2D eigenvalue weighted by Gasteiger charge is 2.20. The highest BCUT2D eigenvalue weighted by Crippen LogP contribution is 2.25. The van der Waals surface area contributed by atoms with Gasteiger partial charge >= 0.3 is 5.97 Å². The first kappa shape index (κ1) is 13.9. The molecular weight excluding hydrogens is 242 g/mol. The van der Waals surface area contributed by atoms with Crippen molar-refractivity contribution in [2.75, 3.05) is 12.4 Å². The lowest BCUT2D eigenvalue weighted by molar-refractivity contribution is 0.0600. The molecule has 19 heavy (non-hydrogen) atoms. The fourth-order valence-corrected chi connectivity index (χ4v) is 2.56. The summed E-state index contributed by atoms with van der Waals surface area (Å²) in [5.41, 5.74) is 2.49. The Morgan fingerprint density at radius 3 is 2.63 bits per heavy atom. The Morgan fingerprint density at radius 2 is 2.00 bits per heavy atom. The zero-order valence-corrected chi connectivity index (χ0v) is 11.5. The number of aliphatic hydroxyl groups is 1. The van der Waals surface area contributed by atoms with Gasteiger partial charge in [-0.3, -0.25) is 0 Å². The van der Waals surface area contributed by atoms with Gasteiger partial charge in [-0.25, -0.2) is 4.79 Å². The van der Waals surface area contributed by atoms with Gasteiger partial charge in [-0.2, -0.15) is 0 Å². The second-order valence-electron chi connectivity index (χ2n) is 5.12. The van der Waals surface area contributed by atoms with Crippen LogP contribution in [0.3, 0.4) is 0 Å². The van der Waals surface area contributed by atoms with E-state index in [1.807, 2.05) is 19.1 Å². The van der Waals surface area contributed by atoms with Gasteiger partial charge in [0.15, 0.2) is 0 Å². The first-order valence-corrected chi connectivity index (χ1v) is 6.74. The molecule has 0 aliphatic heterocycles. The van der Waals surface area contributed by atoms with E-state index in [9.17, 15) is 9.90 Å². The summed E-state index contributed by atoms with van der Waals surface area (Å²) in [5.74, 6) is -0.305. The van der Waals surface area contributed by atoms with Gasteiger partial charge < -0.3 is 15.2 Å². The number of benzene rings is 1. The molecule has 2 N–H and O–H groups in total. The quantitative estimate of drug-likeness (QED) is 0.823. The highest BCUT2D eigenvalue weighted by molar-refractivity contribution is 5.92. The van der Waals surface area contributed by atoms with Crippen molar-refractivity contribution in [1.82, 2.24) is 0 Å². The lowest BCUT2D eigenvalue weighted by Gasteiger charge is -2.27. The zero-order chi connectivity index (χ0) is 13.8. The molecule has 0 spiro atoms. The molecular formula is C15H21NO3. The van der Waals surface area contributed by atoms with E-state index in [2.05, 4.69) is 5.32 Å². The van der Waals surface area contributed by atoms with E-state index in [1.165, 1.54) is 7.11 Å². The molecule has 0 amide bonds. The topological polar surface area (TPSA) is 58.6 Å². The molecule has 1 aromatic rings. The van der Waals surface area contributed by atoms with Gasteiger partial charge in [0, 0.05) is 11.7 Å². The van der Waals surface area contributed by atoms with Crippen molar-refractivity contribution >= 4 is 11.7 Å². The Labute approximate surface area is 113 Å². The maximum atomic E-state index is 11.6. The molecule has 1 aliphatic carbocycles. The summed E-state index contributed by atoms with van der Waals surface area (Å²) < 4.78 is 4.78. The van der Waals surface area contributed by atoms with Crippen LogP contribution in [0, 0.1) is 6.92 Å². The number of hydrogen-bond donors (Lipinski definition) is 2. The van der Waals surface area contributed by atoms with Crippen LogP contribution in [0.4, 0.5) is 5.69 Å². The Bertz CT molecular complexity index is 451. The molecule has 4 nitrogen and oxygen atoms in total. The Balaban J connectivity index is 2.10. The average molecular weight is 263 g/mol. The van der Waals surface area contributed by atoms with Crippen LogP contribution in [0.5, 0.6) is 0 Å². The van der Waals surface area contributed by atoms with E-state index in [1.54, 1.807) is 6.07 Å². The molecule has 1 fully saturated rings. The normalized spacial score (nSPS) is 22.9. The minimum atomic E-state index is -0.305. The van der Waals surface area contributed by atoms with Gasteiger partial charge in [0.1, 0.15) is 0 Å². The van der Waals surface area contributed by atoms with Crippen molar-refractivity contribution in [1.29, 1.82) is 0 Å². The molecule has 1 aliphatic rings. The third-order valence-electron chi connectivity index (χ3n) is 3.80. The second kappa shape index (κ2) is 6.06. The van der Waals surface area contributed by atoms with E-state index >= 15 is 0 Å². The summed E-state index contributed by atoms with van der Waals surface area (Å²) in [6.07, 6.45) is 3.45. The third kappa shape index (κ3) is 3.26. The number of rotatable bonds is 3. The van der Waals surface area contributed by atoms with Crippen molar-refractivity contribution in [2.45, 2.75) is 44.8 Å². The molecule has 0 saturated heterocycles. The van der Waals surface area contributed by atoms with E-state index in [0.29, 0.717) is 11.6 Å². The summed E-state index contributed by atoms with van der Waals surface area (Å²) in [6.45, 7) is 1.92. The third-order valence-corrected chi connectivity index (χ3v) is 3.80. The minimum absolute atomic E-state index is 0.152. The number of hydrogen-bond acceptors (Lipinski definition) is 4. The van der Waals surface area contributed by atoms with Gasteiger partial charge in [0.25, 0.3) is 0 Å². The number of carbonyl (C=O) groups is 1. The fraction of sp³-hybridized carbons (Fsp3) is 0.533. The predicted molar refractivity (Wildman–Crippen MR) is 74.4 cm³/mol. The van der Waals surface area contributed by atoms with Crippen molar-refractivity contribution < 1.29 is 14.6 Å². The number of carbonyl (C=O) groups excluding carboxylic acids is 1. The number of anilines is 1. The SMILES string of the molecule is COC(=O)c1cccc(NC2CCC(O)CC2)c1C. The lowest BCUT2D eigenvalue weighted by atomic mass is 9.92. The second-order valence-corrected chi connectivity index (χ2v) is 5.12. The zero-order valence-electron chi connectivity index (χ0n) is 11.5. The number of aliphatic hydroxyl groups excluding tert-OH is 1. The Hall–Kier alpha value is -1.55. The van der Waals surface area contributed by atoms with Crippen molar-refractivity contribution in [3.05, 3.63) is 29.3 Å². The lowest BCUT2D eigenvalue weighted by Crippen LogP contribution is -2.28. The Kier molecular flexibility index (Phi) is 4.43. The number of nitrogens with one attached hydrogen (secondary N) is 1. The summed E-state index contributed by atoms with van der Waals surface area (Å²) >= 11 is 0. The van der Waals surface area contributed by atoms with Crippen LogP contribution in [0.2, 0.25) is 0 Å². The van der Waals surface area contributed by atoms with Gasteiger partial charge in [-0.15, -0.1) is 0 Å². The van der Waals surface area contributed by atoms with Crippen LogP contribution in [0.1, 0.15) is 41.6 Å². The largest absolute Gasteiger partial charge is 0.465 e. The fourth-order valence-electron chi connectivity index (χ4n) is 2.56. The number of methoxy groups -OCH3 is 1. The van der Waals surface area contributed by atoms with Crippen LogP contribution in [0.25, 0.3) is 0 Å². The molecule has 4 heteroatoms. The minimum Gasteiger partial charge on any atom is -0.465 e. The van der Waals surface area contributed by atoms with Crippen LogP contribution in [0.15, 0.2) is 18.2 Å². The predicted octanol–water partition coefficient (Wildman–Crippen LogP) is 2.50. The van der Waals surface area contributed by atoms with Crippen molar-refractivity contribution in [3.63, 3.8) is 0 Å². The molecule has 0 aromatic heterocycles. The van der Waals surface area contributed by atoms with E-state index in [-0.39, 0.29) is 12.1 Å². The smallest absolute Gasteiger partial charge is 0.338 e. The van der Waals surface area contributed by atoms with Crippen LogP contribution in [-0.2, 0) is 4.74 Å². The summed E-state index contributed by atoms with van der Waals surface area (Å²) in [6, 6.07) is 5.98. The number of esters is 1. The summed E-state index contributed by atoms with van der Waals surface area (Å²) in [7, 11) is 1.39. The molecule has 1 saturated carbocycles. The first-order chi connectivity index (χ1) is 9.11. The molecule has 0 atom stereocenters. The van der Waals surface area contributed by atoms with E-state index < -0.39 is 0 Å². The maximum Gasteiger partial charge on any atom is 0.338 e. The van der Waals surface area contributed by atoms with Gasteiger partial charge in [0.05, 0.1) is 18.8 Å². The monoisotopic (exact) mass is 263 g/mol. The molecule has 0 heterocycles. The summed E-state index contributed by atoms with van der Waals surface area (Å²) in [5, 5.41) is 13.0. The maximum absolute atomic E-state index is 11.6.